The van der Waals surface area contributed by atoms with Gasteiger partial charge < -0.3 is 15.7 Å². The van der Waals surface area contributed by atoms with E-state index in [1.807, 2.05) is 7.05 Å². The normalized spacial score (nSPS) is 47.6. The van der Waals surface area contributed by atoms with Crippen LogP contribution < -0.4 is 10.6 Å². The van der Waals surface area contributed by atoms with E-state index < -0.39 is 0 Å². The molecule has 154 valence electrons. The fraction of sp³-hybridized carbons (Fsp3) is 0.917. The van der Waals surface area contributed by atoms with E-state index in [1.54, 1.807) is 5.57 Å². The Morgan fingerprint density at radius 1 is 1.11 bits per heavy atom. The molecule has 3 heteroatoms. The first-order valence-corrected chi connectivity index (χ1v) is 11.7. The summed E-state index contributed by atoms with van der Waals surface area (Å²) in [4.78, 5) is 0. The van der Waals surface area contributed by atoms with Crippen LogP contribution in [0.25, 0.3) is 0 Å². The lowest BCUT2D eigenvalue weighted by Crippen LogP contribution is -2.52. The van der Waals surface area contributed by atoms with Crippen LogP contribution in [0.5, 0.6) is 0 Å². The molecule has 4 aliphatic rings. The molecule has 0 spiro atoms. The molecule has 4 aliphatic carbocycles. The van der Waals surface area contributed by atoms with Crippen LogP contribution in [0.2, 0.25) is 0 Å². The largest absolute Gasteiger partial charge is 0.393 e. The number of likely N-dealkylation sites (N-methyl/N-ethyl adjacent to an activating group) is 1. The van der Waals surface area contributed by atoms with Gasteiger partial charge in [0.05, 0.1) is 6.10 Å². The quantitative estimate of drug-likeness (QED) is 0.501. The standard InChI is InChI=1S/C24H42N2O/c1-16(26-14-13-25-4)20-7-8-21-19-6-5-17-15-18(27)9-11-23(17,2)22(19)10-12-24(20,21)3/h5,16,18-22,25-27H,6-15H2,1-4H3/t16?,18?,19?,20-,21?,22?,23+,24-/m1/s1. The second kappa shape index (κ2) is 7.46. The maximum atomic E-state index is 10.2. The molecule has 3 nitrogen and oxygen atoms in total. The van der Waals surface area contributed by atoms with E-state index in [9.17, 15) is 5.11 Å². The summed E-state index contributed by atoms with van der Waals surface area (Å²) in [6.45, 7) is 9.74. The Morgan fingerprint density at radius 2 is 1.93 bits per heavy atom. The average molecular weight is 375 g/mol. The molecule has 3 N–H and O–H groups in total. The zero-order valence-corrected chi connectivity index (χ0v) is 18.1. The van der Waals surface area contributed by atoms with Crippen LogP contribution in [-0.2, 0) is 0 Å². The second-order valence-corrected chi connectivity index (χ2v) is 10.7. The van der Waals surface area contributed by atoms with Gasteiger partial charge in [0, 0.05) is 19.1 Å². The third-order valence-electron chi connectivity index (χ3n) is 9.60. The summed E-state index contributed by atoms with van der Waals surface area (Å²) in [5, 5.41) is 17.3. The van der Waals surface area contributed by atoms with E-state index in [-0.39, 0.29) is 6.10 Å². The van der Waals surface area contributed by atoms with Crippen LogP contribution >= 0.6 is 0 Å². The van der Waals surface area contributed by atoms with E-state index in [4.69, 9.17) is 0 Å². The molecule has 27 heavy (non-hydrogen) atoms. The van der Waals surface area contributed by atoms with Crippen molar-refractivity contribution in [3.8, 4) is 0 Å². The van der Waals surface area contributed by atoms with E-state index >= 15 is 0 Å². The lowest BCUT2D eigenvalue weighted by Gasteiger charge is -2.58. The van der Waals surface area contributed by atoms with Crippen molar-refractivity contribution in [2.75, 3.05) is 20.1 Å². The molecule has 3 saturated carbocycles. The molecule has 0 aliphatic heterocycles. The first-order valence-electron chi connectivity index (χ1n) is 11.7. The van der Waals surface area contributed by atoms with Gasteiger partial charge in [-0.15, -0.1) is 0 Å². The Balaban J connectivity index is 1.52. The molecule has 5 unspecified atom stereocenters. The number of allylic oxidation sites excluding steroid dienone is 1. The van der Waals surface area contributed by atoms with Gasteiger partial charge in [-0.1, -0.05) is 25.5 Å². The van der Waals surface area contributed by atoms with Gasteiger partial charge in [-0.2, -0.15) is 0 Å². The van der Waals surface area contributed by atoms with Gasteiger partial charge in [0.25, 0.3) is 0 Å². The predicted molar refractivity (Wildman–Crippen MR) is 113 cm³/mol. The van der Waals surface area contributed by atoms with Gasteiger partial charge in [0.1, 0.15) is 0 Å². The van der Waals surface area contributed by atoms with Crippen LogP contribution in [0.1, 0.15) is 72.1 Å². The zero-order valence-electron chi connectivity index (χ0n) is 18.1. The monoisotopic (exact) mass is 374 g/mol. The number of rotatable bonds is 5. The highest BCUT2D eigenvalue weighted by molar-refractivity contribution is 5.25. The zero-order chi connectivity index (χ0) is 19.2. The number of hydrogen-bond acceptors (Lipinski definition) is 3. The molecule has 0 amide bonds. The Bertz CT molecular complexity index is 575. The predicted octanol–water partition coefficient (Wildman–Crippen LogP) is 4.12. The van der Waals surface area contributed by atoms with Crippen molar-refractivity contribution in [3.05, 3.63) is 11.6 Å². The Morgan fingerprint density at radius 3 is 2.70 bits per heavy atom. The topological polar surface area (TPSA) is 44.3 Å². The summed E-state index contributed by atoms with van der Waals surface area (Å²) >= 11 is 0. The Labute approximate surface area is 166 Å². The van der Waals surface area contributed by atoms with Crippen LogP contribution in [0, 0.1) is 34.5 Å². The van der Waals surface area contributed by atoms with Gasteiger partial charge in [-0.3, -0.25) is 0 Å². The van der Waals surface area contributed by atoms with Crippen molar-refractivity contribution >= 4 is 0 Å². The highest BCUT2D eigenvalue weighted by Gasteiger charge is 2.59. The van der Waals surface area contributed by atoms with Crippen molar-refractivity contribution in [2.24, 2.45) is 34.5 Å². The maximum absolute atomic E-state index is 10.2. The minimum absolute atomic E-state index is 0.0878. The van der Waals surface area contributed by atoms with Gasteiger partial charge in [0.15, 0.2) is 0 Å². The lowest BCUT2D eigenvalue weighted by atomic mass is 9.47. The third kappa shape index (κ3) is 3.22. The van der Waals surface area contributed by atoms with Crippen LogP contribution in [0.15, 0.2) is 11.6 Å². The molecule has 8 atom stereocenters. The molecule has 0 aromatic carbocycles. The molecular formula is C24H42N2O. The van der Waals surface area contributed by atoms with Gasteiger partial charge in [-0.25, -0.2) is 0 Å². The van der Waals surface area contributed by atoms with E-state index in [0.717, 1.165) is 49.6 Å². The fourth-order valence-electron chi connectivity index (χ4n) is 8.07. The summed E-state index contributed by atoms with van der Waals surface area (Å²) in [6.07, 6.45) is 12.6. The van der Waals surface area contributed by atoms with E-state index in [1.165, 1.54) is 38.5 Å². The van der Waals surface area contributed by atoms with Crippen LogP contribution in [-0.4, -0.2) is 37.4 Å². The highest BCUT2D eigenvalue weighted by Crippen LogP contribution is 2.66. The number of nitrogens with one attached hydrogen (secondary N) is 2. The van der Waals surface area contributed by atoms with Crippen LogP contribution in [0.4, 0.5) is 0 Å². The number of aliphatic hydroxyl groups excluding tert-OH is 1. The van der Waals surface area contributed by atoms with Crippen LogP contribution in [0.3, 0.4) is 0 Å². The lowest BCUT2D eigenvalue weighted by molar-refractivity contribution is -0.0535. The van der Waals surface area contributed by atoms with Crippen molar-refractivity contribution < 1.29 is 5.11 Å². The van der Waals surface area contributed by atoms with E-state index in [0.29, 0.717) is 16.9 Å². The van der Waals surface area contributed by atoms with Gasteiger partial charge in [0.2, 0.25) is 0 Å². The first kappa shape index (κ1) is 19.9. The number of fused-ring (bicyclic) bond motifs is 5. The Kier molecular flexibility index (Phi) is 5.50. The molecular weight excluding hydrogens is 332 g/mol. The van der Waals surface area contributed by atoms with E-state index in [2.05, 4.69) is 37.5 Å². The first-order chi connectivity index (χ1) is 12.9. The fourth-order valence-corrected chi connectivity index (χ4v) is 8.07. The van der Waals surface area contributed by atoms with Crippen molar-refractivity contribution in [2.45, 2.75) is 84.3 Å². The maximum Gasteiger partial charge on any atom is 0.0577 e. The number of aliphatic hydroxyl groups is 1. The van der Waals surface area contributed by atoms with Crippen molar-refractivity contribution in [3.63, 3.8) is 0 Å². The van der Waals surface area contributed by atoms with Crippen molar-refractivity contribution in [1.82, 2.24) is 10.6 Å². The summed E-state index contributed by atoms with van der Waals surface area (Å²) < 4.78 is 0. The third-order valence-corrected chi connectivity index (χ3v) is 9.60. The highest BCUT2D eigenvalue weighted by atomic mass is 16.3. The number of hydrogen-bond donors (Lipinski definition) is 3. The molecule has 0 aromatic rings. The Hall–Kier alpha value is -0.380. The van der Waals surface area contributed by atoms with Gasteiger partial charge in [-0.05, 0) is 99.8 Å². The summed E-state index contributed by atoms with van der Waals surface area (Å²) in [5.41, 5.74) is 2.49. The molecule has 0 radical (unpaired) electrons. The van der Waals surface area contributed by atoms with Crippen molar-refractivity contribution in [1.29, 1.82) is 0 Å². The molecule has 0 saturated heterocycles. The summed E-state index contributed by atoms with van der Waals surface area (Å²) in [5.74, 6) is 3.46. The molecule has 0 heterocycles. The van der Waals surface area contributed by atoms with Gasteiger partial charge >= 0.3 is 0 Å². The smallest absolute Gasteiger partial charge is 0.0577 e. The molecule has 3 fully saturated rings. The summed E-state index contributed by atoms with van der Waals surface area (Å²) in [7, 11) is 2.04. The SMILES string of the molecule is CNCCNC(C)[C@H]1CCC2C3CC=C4CC(O)CC[C@]4(C)C3CC[C@@]21C. The minimum Gasteiger partial charge on any atom is -0.393 e. The second-order valence-electron chi connectivity index (χ2n) is 10.7. The molecule has 0 aromatic heterocycles. The average Bonchev–Trinajstić information content (AvgIpc) is 3.00. The summed E-state index contributed by atoms with van der Waals surface area (Å²) in [6, 6.07) is 0.625. The minimum atomic E-state index is -0.0878. The molecule has 4 rings (SSSR count). The molecule has 0 bridgehead atoms.